The van der Waals surface area contributed by atoms with Crippen LogP contribution >= 0.6 is 0 Å². The van der Waals surface area contributed by atoms with Crippen molar-refractivity contribution < 1.29 is 25.9 Å². The normalized spacial score (nSPS) is 6.00. The Kier molecular flexibility index (Phi) is 15.7. The second-order valence-corrected chi connectivity index (χ2v) is 1.64. The van der Waals surface area contributed by atoms with E-state index in [0.717, 1.165) is 0 Å². The summed E-state index contributed by atoms with van der Waals surface area (Å²) < 4.78 is 1.51. The first kappa shape index (κ1) is 13.0. The van der Waals surface area contributed by atoms with Crippen LogP contribution in [0, 0.1) is 6.07 Å². The topological polar surface area (TPSA) is 17.1 Å². The van der Waals surface area contributed by atoms with E-state index in [4.69, 9.17) is 4.79 Å². The third kappa shape index (κ3) is 11.2. The summed E-state index contributed by atoms with van der Waals surface area (Å²) >= 11 is 1.26. The van der Waals surface area contributed by atoms with E-state index < -0.39 is 0 Å². The molecule has 0 aliphatic heterocycles. The Hall–Kier alpha value is 0.368. The largest absolute Gasteiger partial charge is 2.00 e. The van der Waals surface area contributed by atoms with Gasteiger partial charge in [-0.2, -0.15) is 36.4 Å². The quantitative estimate of drug-likeness (QED) is 0.506. The van der Waals surface area contributed by atoms with E-state index in [-0.39, 0.29) is 21.1 Å². The first-order valence-electron chi connectivity index (χ1n) is 2.32. The van der Waals surface area contributed by atoms with Gasteiger partial charge in [0.1, 0.15) is 0 Å². The van der Waals surface area contributed by atoms with Crippen molar-refractivity contribution in [3.05, 3.63) is 36.4 Å². The molecule has 0 aromatic heterocycles. The fourth-order valence-electron chi connectivity index (χ4n) is 0.342. The Balaban J connectivity index is 0. The van der Waals surface area contributed by atoms with E-state index >= 15 is 0 Å². The Bertz CT molecular complexity index is 117. The summed E-state index contributed by atoms with van der Waals surface area (Å²) in [4.78, 5) is 8.68. The standard InChI is InChI=1S/C6H5.COTe.Mo/c1-2-4-6-5-3-1;2-1-3;/h1-5H;;/q2*-1;+2. The smallest absolute Gasteiger partial charge is 0.184 e. The Labute approximate surface area is 88.4 Å². The van der Waals surface area contributed by atoms with Crippen LogP contribution in [-0.4, -0.2) is 26.6 Å². The minimum Gasteiger partial charge on any atom is -0.184 e. The van der Waals surface area contributed by atoms with Gasteiger partial charge in [-0.25, -0.2) is 0 Å². The molecule has 51 valence electrons. The molecule has 3 heteroatoms. The maximum Gasteiger partial charge on any atom is 2.00 e. The summed E-state index contributed by atoms with van der Waals surface area (Å²) in [7, 11) is 0. The van der Waals surface area contributed by atoms with Gasteiger partial charge in [-0.3, -0.25) is 0 Å². The number of hydrogen-bond acceptors (Lipinski definition) is 1. The summed E-state index contributed by atoms with van der Waals surface area (Å²) in [6.07, 6.45) is 0. The monoisotopic (exact) mass is 333 g/mol. The molecule has 1 aromatic rings. The van der Waals surface area contributed by atoms with Crippen LogP contribution in [0.5, 0.6) is 0 Å². The molecule has 1 radical (unpaired) electrons. The van der Waals surface area contributed by atoms with Crippen LogP contribution in [-0.2, 0) is 25.9 Å². The second-order valence-electron chi connectivity index (χ2n) is 1.16. The molecular weight excluding hydrogens is 324 g/mol. The zero-order valence-corrected chi connectivity index (χ0v) is 9.45. The summed E-state index contributed by atoms with van der Waals surface area (Å²) in [6.45, 7) is 0. The molecule has 0 aliphatic rings. The van der Waals surface area contributed by atoms with Gasteiger partial charge in [0.15, 0.2) is 0 Å². The van der Waals surface area contributed by atoms with Gasteiger partial charge >= 0.3 is 52.5 Å². The van der Waals surface area contributed by atoms with E-state index in [1.807, 2.05) is 30.3 Å². The van der Waals surface area contributed by atoms with Crippen molar-refractivity contribution in [3.63, 3.8) is 0 Å². The van der Waals surface area contributed by atoms with Crippen LogP contribution in [0.15, 0.2) is 30.3 Å². The zero-order valence-electron chi connectivity index (χ0n) is 5.11. The minimum absolute atomic E-state index is 0. The van der Waals surface area contributed by atoms with Crippen LogP contribution in [0.2, 0.25) is 0 Å². The Morgan fingerprint density at radius 2 is 1.60 bits per heavy atom. The van der Waals surface area contributed by atoms with Gasteiger partial charge in [-0.15, -0.1) is 0 Å². The molecule has 0 heterocycles. The second kappa shape index (κ2) is 12.1. The number of rotatable bonds is 0. The van der Waals surface area contributed by atoms with Crippen LogP contribution in [0.25, 0.3) is 0 Å². The van der Waals surface area contributed by atoms with Crippen molar-refractivity contribution >= 4 is 26.6 Å². The maximum absolute atomic E-state index is 8.68. The molecule has 0 bridgehead atoms. The van der Waals surface area contributed by atoms with E-state index in [2.05, 4.69) is 6.07 Å². The van der Waals surface area contributed by atoms with E-state index in [1.165, 1.54) is 26.6 Å². The van der Waals surface area contributed by atoms with Gasteiger partial charge in [-0.05, 0) is 0 Å². The van der Waals surface area contributed by atoms with Gasteiger partial charge in [0.25, 0.3) is 0 Å². The van der Waals surface area contributed by atoms with Crippen molar-refractivity contribution in [2.75, 3.05) is 0 Å². The van der Waals surface area contributed by atoms with Crippen LogP contribution in [0.4, 0.5) is 0 Å². The summed E-state index contributed by atoms with van der Waals surface area (Å²) in [5.41, 5.74) is 0. The molecule has 0 saturated carbocycles. The van der Waals surface area contributed by atoms with Crippen molar-refractivity contribution in [1.82, 2.24) is 0 Å². The van der Waals surface area contributed by atoms with Crippen LogP contribution in [0.1, 0.15) is 0 Å². The molecular formula is C7H5MoOTe. The molecule has 0 atom stereocenters. The number of hydrogen-bond donors (Lipinski definition) is 0. The zero-order chi connectivity index (χ0) is 6.95. The third-order valence-corrected chi connectivity index (χ3v) is 0.607. The predicted octanol–water partition coefficient (Wildman–Crippen LogP) is 0.706. The van der Waals surface area contributed by atoms with E-state index in [0.29, 0.717) is 0 Å². The molecule has 1 rings (SSSR count). The molecule has 1 aromatic carbocycles. The van der Waals surface area contributed by atoms with Crippen molar-refractivity contribution in [3.8, 4) is 0 Å². The molecule has 0 fully saturated rings. The van der Waals surface area contributed by atoms with Crippen LogP contribution < -0.4 is 0 Å². The average molecular weight is 329 g/mol. The van der Waals surface area contributed by atoms with E-state index in [9.17, 15) is 0 Å². The van der Waals surface area contributed by atoms with Crippen molar-refractivity contribution in [2.45, 2.75) is 0 Å². The van der Waals surface area contributed by atoms with Gasteiger partial charge in [0, 0.05) is 0 Å². The molecule has 0 aliphatic carbocycles. The van der Waals surface area contributed by atoms with Gasteiger partial charge in [0.2, 0.25) is 0 Å². The average Bonchev–Trinajstić information content (AvgIpc) is 1.93. The molecule has 1 nitrogen and oxygen atoms in total. The Morgan fingerprint density at radius 1 is 1.20 bits per heavy atom. The Morgan fingerprint density at radius 3 is 1.70 bits per heavy atom. The first-order chi connectivity index (χ1) is 4.41. The van der Waals surface area contributed by atoms with Gasteiger partial charge in [0.05, 0.1) is 0 Å². The fourth-order valence-corrected chi connectivity index (χ4v) is 0.342. The molecule has 0 saturated heterocycles. The van der Waals surface area contributed by atoms with Crippen molar-refractivity contribution in [1.29, 1.82) is 0 Å². The third-order valence-electron chi connectivity index (χ3n) is 0.607. The molecule has 0 spiro atoms. The van der Waals surface area contributed by atoms with Gasteiger partial charge < -0.3 is 0 Å². The predicted molar refractivity (Wildman–Crippen MR) is 36.7 cm³/mol. The molecule has 0 unspecified atom stereocenters. The molecule has 0 N–H and O–H groups in total. The maximum atomic E-state index is 8.68. The minimum atomic E-state index is 0. The summed E-state index contributed by atoms with van der Waals surface area (Å²) in [5.74, 6) is 0. The van der Waals surface area contributed by atoms with Crippen LogP contribution in [0.3, 0.4) is 0 Å². The number of carbonyl (C=O) groups excluding carboxylic acids is 1. The summed E-state index contributed by atoms with van der Waals surface area (Å²) in [6, 6.07) is 12.5. The summed E-state index contributed by atoms with van der Waals surface area (Å²) in [5, 5.41) is 0. The number of benzene rings is 1. The molecule has 0 amide bonds. The first-order valence-corrected chi connectivity index (χ1v) is 3.48. The fraction of sp³-hybridized carbons (Fsp3) is 0. The molecule has 10 heavy (non-hydrogen) atoms. The van der Waals surface area contributed by atoms with Gasteiger partial charge in [-0.1, -0.05) is 0 Å². The SMILES string of the molecule is O=[C-][Te].[Mo+2].[c-]1ccccc1. The van der Waals surface area contributed by atoms with E-state index in [1.54, 1.807) is 0 Å². The van der Waals surface area contributed by atoms with Crippen molar-refractivity contribution in [2.24, 2.45) is 0 Å².